The third-order valence-electron chi connectivity index (χ3n) is 3.21. The van der Waals surface area contributed by atoms with Crippen molar-refractivity contribution in [3.63, 3.8) is 0 Å². The van der Waals surface area contributed by atoms with Crippen molar-refractivity contribution >= 4 is 5.82 Å². The molecule has 0 radical (unpaired) electrons. The smallest absolute Gasteiger partial charge is 0.132 e. The Morgan fingerprint density at radius 2 is 2.18 bits per heavy atom. The van der Waals surface area contributed by atoms with Gasteiger partial charge in [0.05, 0.1) is 12.7 Å². The molecular formula is C13H16N4. The van der Waals surface area contributed by atoms with E-state index in [-0.39, 0.29) is 6.04 Å². The number of nitrogens with zero attached hydrogens (tertiary/aromatic N) is 2. The van der Waals surface area contributed by atoms with Gasteiger partial charge in [0.25, 0.3) is 0 Å². The highest BCUT2D eigenvalue weighted by Gasteiger charge is 2.20. The zero-order valence-corrected chi connectivity index (χ0v) is 9.85. The first-order chi connectivity index (χ1) is 8.25. The van der Waals surface area contributed by atoms with E-state index in [4.69, 9.17) is 5.73 Å². The molecule has 0 amide bonds. The van der Waals surface area contributed by atoms with E-state index in [0.717, 1.165) is 24.5 Å². The Morgan fingerprint density at radius 1 is 1.35 bits per heavy atom. The van der Waals surface area contributed by atoms with E-state index in [2.05, 4.69) is 41.6 Å². The van der Waals surface area contributed by atoms with Crippen LogP contribution >= 0.6 is 0 Å². The van der Waals surface area contributed by atoms with E-state index >= 15 is 0 Å². The summed E-state index contributed by atoms with van der Waals surface area (Å²) < 4.78 is 1.95. The number of hydrogen-bond acceptors (Lipinski definition) is 3. The highest BCUT2D eigenvalue weighted by molar-refractivity contribution is 5.77. The van der Waals surface area contributed by atoms with Crippen LogP contribution in [0.2, 0.25) is 0 Å². The van der Waals surface area contributed by atoms with Gasteiger partial charge in [-0.15, -0.1) is 0 Å². The second-order valence-corrected chi connectivity index (χ2v) is 4.54. The number of rotatable bonds is 1. The Bertz CT molecular complexity index is 544. The quantitative estimate of drug-likeness (QED) is 0.779. The molecule has 2 heterocycles. The molecule has 0 bridgehead atoms. The van der Waals surface area contributed by atoms with Crippen LogP contribution in [0.1, 0.15) is 5.56 Å². The maximum Gasteiger partial charge on any atom is 0.132 e. The van der Waals surface area contributed by atoms with Crippen LogP contribution in [0.3, 0.4) is 0 Å². The minimum absolute atomic E-state index is 0.145. The summed E-state index contributed by atoms with van der Waals surface area (Å²) in [6, 6.07) is 8.50. The SMILES string of the molecule is Cc1ccccc1-c1cnn2c1NCC(N)C2. The third-order valence-corrected chi connectivity index (χ3v) is 3.21. The van der Waals surface area contributed by atoms with Crippen LogP contribution in [0.25, 0.3) is 11.1 Å². The second kappa shape index (κ2) is 3.89. The third kappa shape index (κ3) is 1.70. The molecule has 0 fully saturated rings. The van der Waals surface area contributed by atoms with Crippen molar-refractivity contribution in [1.82, 2.24) is 9.78 Å². The predicted molar refractivity (Wildman–Crippen MR) is 68.9 cm³/mol. The van der Waals surface area contributed by atoms with Crippen LogP contribution < -0.4 is 11.1 Å². The summed E-state index contributed by atoms with van der Waals surface area (Å²) in [6.45, 7) is 3.72. The molecule has 1 aromatic carbocycles. The first-order valence-electron chi connectivity index (χ1n) is 5.87. The highest BCUT2D eigenvalue weighted by atomic mass is 15.3. The van der Waals surface area contributed by atoms with Crippen LogP contribution in [-0.4, -0.2) is 22.4 Å². The van der Waals surface area contributed by atoms with Crippen molar-refractivity contribution in [2.24, 2.45) is 5.73 Å². The maximum atomic E-state index is 5.90. The first-order valence-corrected chi connectivity index (χ1v) is 5.87. The lowest BCUT2D eigenvalue weighted by molar-refractivity contribution is 0.502. The average molecular weight is 228 g/mol. The van der Waals surface area contributed by atoms with Crippen molar-refractivity contribution in [1.29, 1.82) is 0 Å². The summed E-state index contributed by atoms with van der Waals surface area (Å²) in [5.74, 6) is 1.08. The molecule has 2 aromatic rings. The molecule has 4 nitrogen and oxygen atoms in total. The van der Waals surface area contributed by atoms with Gasteiger partial charge in [-0.05, 0) is 18.1 Å². The van der Waals surface area contributed by atoms with Crippen LogP contribution in [0, 0.1) is 6.92 Å². The first kappa shape index (κ1) is 10.4. The van der Waals surface area contributed by atoms with Crippen molar-refractivity contribution in [2.45, 2.75) is 19.5 Å². The van der Waals surface area contributed by atoms with Gasteiger partial charge in [0.15, 0.2) is 0 Å². The number of anilines is 1. The summed E-state index contributed by atoms with van der Waals surface area (Å²) in [5.41, 5.74) is 9.56. The summed E-state index contributed by atoms with van der Waals surface area (Å²) in [4.78, 5) is 0. The molecule has 1 aliphatic rings. The topological polar surface area (TPSA) is 55.9 Å². The Morgan fingerprint density at radius 3 is 3.00 bits per heavy atom. The van der Waals surface area contributed by atoms with Gasteiger partial charge in [-0.2, -0.15) is 5.10 Å². The Balaban J connectivity index is 2.09. The zero-order chi connectivity index (χ0) is 11.8. The van der Waals surface area contributed by atoms with E-state index < -0.39 is 0 Å². The number of nitrogens with one attached hydrogen (secondary N) is 1. The molecule has 88 valence electrons. The van der Waals surface area contributed by atoms with Gasteiger partial charge in [0.1, 0.15) is 5.82 Å². The number of nitrogens with two attached hydrogens (primary N) is 1. The van der Waals surface area contributed by atoms with Crippen molar-refractivity contribution < 1.29 is 0 Å². The maximum absolute atomic E-state index is 5.90. The van der Waals surface area contributed by atoms with Gasteiger partial charge >= 0.3 is 0 Å². The number of fused-ring (bicyclic) bond motifs is 1. The number of hydrogen-bond donors (Lipinski definition) is 2. The largest absolute Gasteiger partial charge is 0.368 e. The van der Waals surface area contributed by atoms with Gasteiger partial charge < -0.3 is 11.1 Å². The lowest BCUT2D eigenvalue weighted by Gasteiger charge is -2.22. The van der Waals surface area contributed by atoms with Crippen LogP contribution in [-0.2, 0) is 6.54 Å². The molecule has 1 atom stereocenters. The monoisotopic (exact) mass is 228 g/mol. The Hall–Kier alpha value is -1.81. The minimum atomic E-state index is 0.145. The molecule has 1 unspecified atom stereocenters. The summed E-state index contributed by atoms with van der Waals surface area (Å²) in [5, 5.41) is 7.76. The highest BCUT2D eigenvalue weighted by Crippen LogP contribution is 2.31. The second-order valence-electron chi connectivity index (χ2n) is 4.54. The normalized spacial score (nSPS) is 18.6. The minimum Gasteiger partial charge on any atom is -0.368 e. The van der Waals surface area contributed by atoms with Crippen molar-refractivity contribution in [3.8, 4) is 11.1 Å². The van der Waals surface area contributed by atoms with Gasteiger partial charge in [-0.3, -0.25) is 0 Å². The fraction of sp³-hybridized carbons (Fsp3) is 0.308. The van der Waals surface area contributed by atoms with Gasteiger partial charge in [-0.1, -0.05) is 24.3 Å². The van der Waals surface area contributed by atoms with Gasteiger partial charge in [0, 0.05) is 18.2 Å². The molecule has 1 aromatic heterocycles. The molecule has 0 aliphatic carbocycles. The molecule has 0 saturated carbocycles. The van der Waals surface area contributed by atoms with E-state index in [9.17, 15) is 0 Å². The Kier molecular flexibility index (Phi) is 2.37. The van der Waals surface area contributed by atoms with Crippen LogP contribution in [0.15, 0.2) is 30.5 Å². The predicted octanol–water partition coefficient (Wildman–Crippen LogP) is 1.61. The lowest BCUT2D eigenvalue weighted by Crippen LogP contribution is -2.38. The summed E-state index contributed by atoms with van der Waals surface area (Å²) in [6.07, 6.45) is 1.92. The van der Waals surface area contributed by atoms with E-state index in [1.807, 2.05) is 10.9 Å². The van der Waals surface area contributed by atoms with E-state index in [1.165, 1.54) is 11.1 Å². The molecule has 3 rings (SSSR count). The molecule has 17 heavy (non-hydrogen) atoms. The van der Waals surface area contributed by atoms with Gasteiger partial charge in [-0.25, -0.2) is 4.68 Å². The number of aryl methyl sites for hydroxylation is 1. The summed E-state index contributed by atoms with van der Waals surface area (Å²) >= 11 is 0. The van der Waals surface area contributed by atoms with E-state index in [1.54, 1.807) is 0 Å². The molecule has 0 spiro atoms. The fourth-order valence-electron chi connectivity index (χ4n) is 2.30. The molecule has 1 aliphatic heterocycles. The molecule has 3 N–H and O–H groups in total. The Labute approximate surface area is 100 Å². The molecule has 0 saturated heterocycles. The molecule has 4 heteroatoms. The van der Waals surface area contributed by atoms with Crippen LogP contribution in [0.4, 0.5) is 5.82 Å². The fourth-order valence-corrected chi connectivity index (χ4v) is 2.30. The van der Waals surface area contributed by atoms with Crippen molar-refractivity contribution in [3.05, 3.63) is 36.0 Å². The average Bonchev–Trinajstić information content (AvgIpc) is 2.72. The summed E-state index contributed by atoms with van der Waals surface area (Å²) in [7, 11) is 0. The van der Waals surface area contributed by atoms with Crippen LogP contribution in [0.5, 0.6) is 0 Å². The molecular weight excluding hydrogens is 212 g/mol. The standard InChI is InChI=1S/C13H16N4/c1-9-4-2-3-5-11(9)12-7-16-17-8-10(14)6-15-13(12)17/h2-5,7,10,15H,6,8,14H2,1H3. The van der Waals surface area contributed by atoms with Gasteiger partial charge in [0.2, 0.25) is 0 Å². The zero-order valence-electron chi connectivity index (χ0n) is 9.85. The number of aromatic nitrogens is 2. The van der Waals surface area contributed by atoms with Crippen molar-refractivity contribution in [2.75, 3.05) is 11.9 Å². The van der Waals surface area contributed by atoms with E-state index in [0.29, 0.717) is 0 Å². The lowest BCUT2D eigenvalue weighted by atomic mass is 10.0. The number of benzene rings is 1.